The summed E-state index contributed by atoms with van der Waals surface area (Å²) < 4.78 is 34.3. The summed E-state index contributed by atoms with van der Waals surface area (Å²) in [6.45, 7) is -1.29. The van der Waals surface area contributed by atoms with Gasteiger partial charge in [0.2, 0.25) is 0 Å². The van der Waals surface area contributed by atoms with E-state index in [1.807, 2.05) is 0 Å². The lowest BCUT2D eigenvalue weighted by Gasteiger charge is -1.92. The van der Waals surface area contributed by atoms with E-state index in [9.17, 15) is 17.6 Å². The fourth-order valence-electron chi connectivity index (χ4n) is 0.163. The molecule has 4 nitrogen and oxygen atoms in total. The first-order chi connectivity index (χ1) is 4.16. The van der Waals surface area contributed by atoms with Crippen molar-refractivity contribution >= 4 is 16.7 Å². The van der Waals surface area contributed by atoms with E-state index in [1.165, 1.54) is 0 Å². The minimum atomic E-state index is -2.75. The number of halogens is 1. The third-order valence-corrected chi connectivity index (χ3v) is 0.780. The number of esters is 1. The van der Waals surface area contributed by atoms with Crippen molar-refractivity contribution in [1.82, 2.24) is 0 Å². The minimum absolute atomic E-state index is 0.738. The standard InChI is InChI=1S/C3H5FO4S/c4-1-3(5)8-2-9(6)7/h9H,1-2H2. The van der Waals surface area contributed by atoms with E-state index < -0.39 is 29.3 Å². The second-order valence-corrected chi connectivity index (χ2v) is 2.04. The zero-order chi connectivity index (χ0) is 7.28. The number of hydrogen-bond donors (Lipinski definition) is 1. The van der Waals surface area contributed by atoms with Gasteiger partial charge < -0.3 is 4.74 Å². The van der Waals surface area contributed by atoms with Gasteiger partial charge >= 0.3 is 5.97 Å². The van der Waals surface area contributed by atoms with E-state index in [1.54, 1.807) is 0 Å². The first kappa shape index (κ1) is 8.35. The molecule has 6 heteroatoms. The van der Waals surface area contributed by atoms with Crippen molar-refractivity contribution < 1.29 is 22.3 Å². The highest BCUT2D eigenvalue weighted by Crippen LogP contribution is 1.78. The van der Waals surface area contributed by atoms with Gasteiger partial charge in [0.15, 0.2) is 23.3 Å². The molecule has 0 radical (unpaired) electrons. The van der Waals surface area contributed by atoms with Gasteiger partial charge in [0.1, 0.15) is 0 Å². The van der Waals surface area contributed by atoms with E-state index in [0.717, 1.165) is 0 Å². The van der Waals surface area contributed by atoms with Gasteiger partial charge in [-0.25, -0.2) is 17.6 Å². The number of rotatable bonds is 3. The SMILES string of the molecule is O=C(CF)OC[SH](=O)=O. The zero-order valence-electron chi connectivity index (χ0n) is 4.37. The van der Waals surface area contributed by atoms with Gasteiger partial charge in [-0.15, -0.1) is 0 Å². The van der Waals surface area contributed by atoms with Crippen LogP contribution in [-0.2, 0) is 20.2 Å². The number of hydrogen-bond acceptors (Lipinski definition) is 4. The average Bonchev–Trinajstić information content (AvgIpc) is 1.83. The summed E-state index contributed by atoms with van der Waals surface area (Å²) in [6.07, 6.45) is 0. The van der Waals surface area contributed by atoms with Crippen LogP contribution in [0.4, 0.5) is 4.39 Å². The predicted molar refractivity (Wildman–Crippen MR) is 27.2 cm³/mol. The first-order valence-electron chi connectivity index (χ1n) is 2.00. The van der Waals surface area contributed by atoms with Gasteiger partial charge in [0.05, 0.1) is 0 Å². The van der Waals surface area contributed by atoms with Crippen LogP contribution in [0, 0.1) is 0 Å². The van der Waals surface area contributed by atoms with Crippen LogP contribution in [0.15, 0.2) is 0 Å². The van der Waals surface area contributed by atoms with Gasteiger partial charge in [-0.1, -0.05) is 0 Å². The lowest BCUT2D eigenvalue weighted by Crippen LogP contribution is -2.07. The minimum Gasteiger partial charge on any atom is -0.448 e. The Labute approximate surface area is 52.6 Å². The Kier molecular flexibility index (Phi) is 3.94. The van der Waals surface area contributed by atoms with Crippen molar-refractivity contribution in [3.8, 4) is 0 Å². The first-order valence-corrected chi connectivity index (χ1v) is 3.36. The number of alkyl halides is 1. The molecule has 0 heterocycles. The normalized spacial score (nSPS) is 9.56. The second-order valence-electron chi connectivity index (χ2n) is 1.11. The molecular formula is C3H5FO4S. The molecule has 0 fully saturated rings. The highest BCUT2D eigenvalue weighted by molar-refractivity contribution is 7.72. The third-order valence-electron chi connectivity index (χ3n) is 0.440. The summed E-state index contributed by atoms with van der Waals surface area (Å²) in [5.74, 6) is -1.90. The van der Waals surface area contributed by atoms with Crippen LogP contribution in [0.1, 0.15) is 0 Å². The Morgan fingerprint density at radius 1 is 1.56 bits per heavy atom. The van der Waals surface area contributed by atoms with Crippen molar-refractivity contribution in [2.75, 3.05) is 12.6 Å². The summed E-state index contributed by atoms with van der Waals surface area (Å²) >= 11 is 0. The van der Waals surface area contributed by atoms with Crippen LogP contribution in [0.3, 0.4) is 0 Å². The average molecular weight is 156 g/mol. The van der Waals surface area contributed by atoms with Crippen LogP contribution in [-0.4, -0.2) is 27.0 Å². The molecule has 0 atom stereocenters. The van der Waals surface area contributed by atoms with Crippen LogP contribution < -0.4 is 0 Å². The topological polar surface area (TPSA) is 60.4 Å². The maximum atomic E-state index is 11.2. The summed E-state index contributed by atoms with van der Waals surface area (Å²) in [5.41, 5.74) is 0. The molecule has 0 bridgehead atoms. The van der Waals surface area contributed by atoms with Crippen LogP contribution in [0.2, 0.25) is 0 Å². The summed E-state index contributed by atoms with van der Waals surface area (Å²) in [6, 6.07) is 0. The van der Waals surface area contributed by atoms with Crippen LogP contribution in [0.5, 0.6) is 0 Å². The molecule has 0 aromatic carbocycles. The molecule has 0 saturated carbocycles. The molecule has 0 aliphatic heterocycles. The summed E-state index contributed by atoms with van der Waals surface area (Å²) in [5, 5.41) is 0. The van der Waals surface area contributed by atoms with Gasteiger partial charge in [0, 0.05) is 0 Å². The van der Waals surface area contributed by atoms with Gasteiger partial charge in [-0.2, -0.15) is 0 Å². The Bertz CT molecular complexity index is 155. The summed E-state index contributed by atoms with van der Waals surface area (Å²) in [7, 11) is -2.75. The smallest absolute Gasteiger partial charge is 0.338 e. The van der Waals surface area contributed by atoms with E-state index in [4.69, 9.17) is 0 Å². The van der Waals surface area contributed by atoms with Crippen molar-refractivity contribution in [3.05, 3.63) is 0 Å². The number of thiol groups is 1. The molecule has 0 saturated heterocycles. The number of carbonyl (C=O) groups is 1. The maximum absolute atomic E-state index is 11.2. The Morgan fingerprint density at radius 3 is 2.44 bits per heavy atom. The Hall–Kier alpha value is -0.650. The molecule has 0 N–H and O–H groups in total. The highest BCUT2D eigenvalue weighted by atomic mass is 32.2. The number of ether oxygens (including phenoxy) is 1. The molecule has 0 amide bonds. The molecule has 54 valence electrons. The molecule has 0 aromatic heterocycles. The van der Waals surface area contributed by atoms with Crippen molar-refractivity contribution in [1.29, 1.82) is 0 Å². The molecule has 0 rings (SSSR count). The van der Waals surface area contributed by atoms with E-state index in [2.05, 4.69) is 4.74 Å². The maximum Gasteiger partial charge on any atom is 0.338 e. The molecule has 0 aliphatic carbocycles. The predicted octanol–water partition coefficient (Wildman–Crippen LogP) is -0.932. The Balaban J connectivity index is 3.39. The highest BCUT2D eigenvalue weighted by Gasteiger charge is 1.99. The number of carbonyl (C=O) groups excluding carboxylic acids is 1. The summed E-state index contributed by atoms with van der Waals surface area (Å²) in [4.78, 5) is 9.85. The molecule has 0 unspecified atom stereocenters. The molecule has 9 heavy (non-hydrogen) atoms. The molecular weight excluding hydrogens is 151 g/mol. The van der Waals surface area contributed by atoms with Crippen molar-refractivity contribution in [2.24, 2.45) is 0 Å². The Morgan fingerprint density at radius 2 is 2.11 bits per heavy atom. The lowest BCUT2D eigenvalue weighted by molar-refractivity contribution is -0.142. The quantitative estimate of drug-likeness (QED) is 0.423. The monoisotopic (exact) mass is 156 g/mol. The van der Waals surface area contributed by atoms with E-state index in [0.29, 0.717) is 0 Å². The molecule has 0 aliphatic rings. The van der Waals surface area contributed by atoms with E-state index in [-0.39, 0.29) is 0 Å². The lowest BCUT2D eigenvalue weighted by atomic mass is 10.8. The fraction of sp³-hybridized carbons (Fsp3) is 0.667. The zero-order valence-corrected chi connectivity index (χ0v) is 5.27. The van der Waals surface area contributed by atoms with Crippen molar-refractivity contribution in [3.63, 3.8) is 0 Å². The molecule has 0 spiro atoms. The van der Waals surface area contributed by atoms with Crippen molar-refractivity contribution in [2.45, 2.75) is 0 Å². The van der Waals surface area contributed by atoms with Gasteiger partial charge in [0.25, 0.3) is 0 Å². The largest absolute Gasteiger partial charge is 0.448 e. The van der Waals surface area contributed by atoms with Gasteiger partial charge in [-0.3, -0.25) is 0 Å². The van der Waals surface area contributed by atoms with Gasteiger partial charge in [-0.05, 0) is 0 Å². The van der Waals surface area contributed by atoms with Crippen LogP contribution >= 0.6 is 0 Å². The van der Waals surface area contributed by atoms with Crippen LogP contribution in [0.25, 0.3) is 0 Å². The third kappa shape index (κ3) is 5.22. The molecule has 0 aromatic rings. The fourth-order valence-corrected chi connectivity index (χ4v) is 0.413. The van der Waals surface area contributed by atoms with E-state index >= 15 is 0 Å². The second kappa shape index (κ2) is 4.25.